The molecule has 0 spiro atoms. The second-order valence-electron chi connectivity index (χ2n) is 6.37. The number of hydrogen-bond acceptors (Lipinski definition) is 1. The minimum absolute atomic E-state index is 0.822. The van der Waals surface area contributed by atoms with E-state index in [-0.39, 0.29) is 0 Å². The molecule has 2 saturated carbocycles. The van der Waals surface area contributed by atoms with Crippen molar-refractivity contribution in [1.82, 2.24) is 5.32 Å². The molecule has 1 nitrogen and oxygen atoms in total. The van der Waals surface area contributed by atoms with Crippen LogP contribution in [0.4, 0.5) is 0 Å². The highest BCUT2D eigenvalue weighted by atomic mass is 14.9. The van der Waals surface area contributed by atoms with E-state index >= 15 is 0 Å². The molecule has 0 unspecified atom stereocenters. The smallest absolute Gasteiger partial charge is 0.00642 e. The van der Waals surface area contributed by atoms with Crippen molar-refractivity contribution >= 4 is 0 Å². The molecule has 0 heterocycles. The molecule has 1 N–H and O–H groups in total. The molecule has 2 aliphatic carbocycles. The van der Waals surface area contributed by atoms with E-state index in [9.17, 15) is 0 Å². The summed E-state index contributed by atoms with van der Waals surface area (Å²) in [5, 5.41) is 3.43. The Bertz CT molecular complexity index is 186. The van der Waals surface area contributed by atoms with Crippen LogP contribution in [0.1, 0.15) is 92.4 Å². The van der Waals surface area contributed by atoms with Crippen LogP contribution < -0.4 is 5.32 Å². The Morgan fingerprint density at radius 1 is 0.700 bits per heavy atom. The number of hydrogen-bond donors (Lipinski definition) is 1. The molecule has 0 radical (unpaired) electrons. The Kier molecular flexibility index (Phi) is 12.7. The van der Waals surface area contributed by atoms with Gasteiger partial charge in [0, 0.05) is 6.04 Å². The van der Waals surface area contributed by atoms with E-state index in [0.29, 0.717) is 0 Å². The van der Waals surface area contributed by atoms with Crippen LogP contribution in [0.15, 0.2) is 0 Å². The third kappa shape index (κ3) is 7.67. The molecule has 0 aromatic rings. The maximum absolute atomic E-state index is 3.43. The van der Waals surface area contributed by atoms with Gasteiger partial charge in [0.1, 0.15) is 0 Å². The first kappa shape index (κ1) is 20.0. The fraction of sp³-hybridized carbons (Fsp3) is 1.00. The van der Waals surface area contributed by atoms with E-state index in [2.05, 4.69) is 19.3 Å². The third-order valence-electron chi connectivity index (χ3n) is 5.06. The minimum atomic E-state index is 0.822. The van der Waals surface area contributed by atoms with Crippen LogP contribution >= 0.6 is 0 Å². The summed E-state index contributed by atoms with van der Waals surface area (Å²) >= 11 is 0. The maximum Gasteiger partial charge on any atom is 0.00642 e. The zero-order chi connectivity index (χ0) is 15.4. The van der Waals surface area contributed by atoms with Crippen molar-refractivity contribution in [2.24, 2.45) is 17.8 Å². The van der Waals surface area contributed by atoms with Gasteiger partial charge >= 0.3 is 0 Å². The Morgan fingerprint density at radius 3 is 1.50 bits per heavy atom. The molecule has 2 fully saturated rings. The quantitative estimate of drug-likeness (QED) is 0.666. The van der Waals surface area contributed by atoms with Gasteiger partial charge in [-0.15, -0.1) is 0 Å². The zero-order valence-electron chi connectivity index (χ0n) is 15.2. The molecule has 0 amide bonds. The van der Waals surface area contributed by atoms with Crippen LogP contribution in [-0.2, 0) is 0 Å². The van der Waals surface area contributed by atoms with E-state index in [1.54, 1.807) is 6.42 Å². The average Bonchev–Trinajstić information content (AvgIpc) is 2.54. The molecule has 0 aromatic heterocycles. The molecule has 20 heavy (non-hydrogen) atoms. The first-order valence-corrected chi connectivity index (χ1v) is 9.45. The van der Waals surface area contributed by atoms with Gasteiger partial charge in [-0.1, -0.05) is 60.3 Å². The summed E-state index contributed by atoms with van der Waals surface area (Å²) in [5.74, 6) is 3.15. The molecule has 0 aliphatic heterocycles. The van der Waals surface area contributed by atoms with Crippen LogP contribution in [0.2, 0.25) is 0 Å². The molecule has 0 bridgehead atoms. The highest BCUT2D eigenvalue weighted by Gasteiger charge is 2.25. The summed E-state index contributed by atoms with van der Waals surface area (Å²) in [5.41, 5.74) is 0. The summed E-state index contributed by atoms with van der Waals surface area (Å²) < 4.78 is 0. The molecular formula is C19H41N. The highest BCUT2D eigenvalue weighted by Crippen LogP contribution is 2.36. The predicted octanol–water partition coefficient (Wildman–Crippen LogP) is 6.03. The second kappa shape index (κ2) is 12.7. The normalized spacial score (nSPS) is 33.3. The van der Waals surface area contributed by atoms with Crippen molar-refractivity contribution in [3.05, 3.63) is 0 Å². The van der Waals surface area contributed by atoms with Crippen LogP contribution in [0.5, 0.6) is 0 Å². The fourth-order valence-electron chi connectivity index (χ4n) is 3.72. The number of nitrogens with one attached hydrogen (secondary N) is 1. The van der Waals surface area contributed by atoms with E-state index in [0.717, 1.165) is 23.8 Å². The lowest BCUT2D eigenvalue weighted by Crippen LogP contribution is -2.31. The van der Waals surface area contributed by atoms with E-state index in [1.807, 2.05) is 27.7 Å². The van der Waals surface area contributed by atoms with Gasteiger partial charge in [-0.25, -0.2) is 0 Å². The van der Waals surface area contributed by atoms with Crippen molar-refractivity contribution in [2.45, 2.75) is 98.4 Å². The van der Waals surface area contributed by atoms with Crippen LogP contribution in [0, 0.1) is 17.8 Å². The monoisotopic (exact) mass is 283 g/mol. The van der Waals surface area contributed by atoms with Crippen LogP contribution in [0.3, 0.4) is 0 Å². The van der Waals surface area contributed by atoms with Crippen molar-refractivity contribution in [3.63, 3.8) is 0 Å². The van der Waals surface area contributed by atoms with Gasteiger partial charge in [-0.3, -0.25) is 0 Å². The molecule has 0 atom stereocenters. The minimum Gasteiger partial charge on any atom is -0.317 e. The van der Waals surface area contributed by atoms with Gasteiger partial charge in [0.05, 0.1) is 0 Å². The number of rotatable bonds is 3. The molecule has 2 rings (SSSR count). The lowest BCUT2D eigenvalue weighted by Gasteiger charge is -2.33. The zero-order valence-corrected chi connectivity index (χ0v) is 15.2. The summed E-state index contributed by atoms with van der Waals surface area (Å²) in [6, 6.07) is 0.822. The van der Waals surface area contributed by atoms with Gasteiger partial charge in [0.2, 0.25) is 0 Å². The Labute approximate surface area is 129 Å². The van der Waals surface area contributed by atoms with Crippen molar-refractivity contribution in [1.29, 1.82) is 0 Å². The SMILES string of the molecule is CC.CC.CNC1CCC(CC2CCC(C)CC2)CC1. The lowest BCUT2D eigenvalue weighted by molar-refractivity contribution is 0.206. The van der Waals surface area contributed by atoms with Gasteiger partial charge in [-0.05, 0) is 56.9 Å². The Hall–Kier alpha value is -0.0400. The summed E-state index contributed by atoms with van der Waals surface area (Å²) in [4.78, 5) is 0. The van der Waals surface area contributed by atoms with Crippen molar-refractivity contribution < 1.29 is 0 Å². The third-order valence-corrected chi connectivity index (χ3v) is 5.06. The first-order valence-electron chi connectivity index (χ1n) is 9.45. The average molecular weight is 284 g/mol. The largest absolute Gasteiger partial charge is 0.317 e. The van der Waals surface area contributed by atoms with Crippen LogP contribution in [0.25, 0.3) is 0 Å². The topological polar surface area (TPSA) is 12.0 Å². The van der Waals surface area contributed by atoms with Gasteiger partial charge in [0.15, 0.2) is 0 Å². The summed E-state index contributed by atoms with van der Waals surface area (Å²) in [7, 11) is 2.12. The Balaban J connectivity index is 0.000000829. The molecule has 0 aromatic carbocycles. The molecular weight excluding hydrogens is 242 g/mol. The van der Waals surface area contributed by atoms with E-state index in [1.165, 1.54) is 51.4 Å². The van der Waals surface area contributed by atoms with Crippen LogP contribution in [-0.4, -0.2) is 13.1 Å². The molecule has 0 saturated heterocycles. The molecule has 2 aliphatic rings. The van der Waals surface area contributed by atoms with E-state index in [4.69, 9.17) is 0 Å². The highest BCUT2D eigenvalue weighted by molar-refractivity contribution is 4.79. The van der Waals surface area contributed by atoms with E-state index < -0.39 is 0 Å². The summed E-state index contributed by atoms with van der Waals surface area (Å²) in [6.45, 7) is 10.4. The first-order chi connectivity index (χ1) is 9.78. The van der Waals surface area contributed by atoms with Crippen molar-refractivity contribution in [3.8, 4) is 0 Å². The summed E-state index contributed by atoms with van der Waals surface area (Å²) in [6.07, 6.45) is 13.4. The Morgan fingerprint density at radius 2 is 1.10 bits per heavy atom. The predicted molar refractivity (Wildman–Crippen MR) is 93.2 cm³/mol. The lowest BCUT2D eigenvalue weighted by atomic mass is 9.75. The standard InChI is InChI=1S/C15H29N.2C2H6/c1-12-3-5-13(6-4-12)11-14-7-9-15(16-2)10-8-14;2*1-2/h12-16H,3-11H2,1-2H3;2*1-2H3. The molecule has 122 valence electrons. The van der Waals surface area contributed by atoms with Gasteiger partial charge in [-0.2, -0.15) is 0 Å². The van der Waals surface area contributed by atoms with Gasteiger partial charge < -0.3 is 5.32 Å². The van der Waals surface area contributed by atoms with Gasteiger partial charge in [0.25, 0.3) is 0 Å². The molecule has 1 heteroatoms. The maximum atomic E-state index is 3.43. The fourth-order valence-corrected chi connectivity index (χ4v) is 3.72. The van der Waals surface area contributed by atoms with Crippen molar-refractivity contribution in [2.75, 3.05) is 7.05 Å². The second-order valence-corrected chi connectivity index (χ2v) is 6.37.